The van der Waals surface area contributed by atoms with Crippen LogP contribution in [0, 0.1) is 13.8 Å². The molecule has 40 heavy (non-hydrogen) atoms. The van der Waals surface area contributed by atoms with Gasteiger partial charge in [0.05, 0.1) is 12.0 Å². The minimum absolute atomic E-state index is 0.00796. The molecule has 3 heterocycles. The van der Waals surface area contributed by atoms with Crippen LogP contribution in [0.25, 0.3) is 22.5 Å². The first-order valence-corrected chi connectivity index (χ1v) is 14.2. The van der Waals surface area contributed by atoms with Crippen LogP contribution in [0.2, 0.25) is 0 Å². The van der Waals surface area contributed by atoms with E-state index in [2.05, 4.69) is 73.3 Å². The Bertz CT molecular complexity index is 1630. The zero-order chi connectivity index (χ0) is 27.2. The van der Waals surface area contributed by atoms with E-state index in [4.69, 9.17) is 18.8 Å². The van der Waals surface area contributed by atoms with Gasteiger partial charge in [0, 0.05) is 23.7 Å². The summed E-state index contributed by atoms with van der Waals surface area (Å²) in [7, 11) is 0. The fourth-order valence-electron chi connectivity index (χ4n) is 6.48. The largest absolute Gasteiger partial charge is 0.508 e. The van der Waals surface area contributed by atoms with Crippen molar-refractivity contribution in [1.82, 2.24) is 14.9 Å². The van der Waals surface area contributed by atoms with Crippen molar-refractivity contribution in [2.24, 2.45) is 0 Å². The van der Waals surface area contributed by atoms with E-state index < -0.39 is 0 Å². The summed E-state index contributed by atoms with van der Waals surface area (Å²) in [5.41, 5.74) is 8.44. The highest BCUT2D eigenvalue weighted by Gasteiger charge is 2.46. The normalized spacial score (nSPS) is 21.0. The molecular formula is C34H33N3O3. The molecule has 0 saturated carbocycles. The number of aryl methyl sites for hydroxylation is 2. The molecule has 1 fully saturated rings. The number of phenolic OH excluding ortho intramolecular Hbond substituents is 1. The topological polar surface area (TPSA) is 75.5 Å². The third kappa shape index (κ3) is 4.42. The summed E-state index contributed by atoms with van der Waals surface area (Å²) in [6.07, 6.45) is 7.36. The lowest BCUT2D eigenvalue weighted by molar-refractivity contribution is 0.132. The Balaban J connectivity index is 1.28. The molecule has 1 aliphatic carbocycles. The van der Waals surface area contributed by atoms with Gasteiger partial charge in [0.25, 0.3) is 0 Å². The number of fused-ring (bicyclic) bond motifs is 1. The van der Waals surface area contributed by atoms with Crippen molar-refractivity contribution in [1.29, 1.82) is 0 Å². The first kappa shape index (κ1) is 24.9. The quantitative estimate of drug-likeness (QED) is 0.248. The maximum absolute atomic E-state index is 10.6. The van der Waals surface area contributed by atoms with Crippen molar-refractivity contribution in [3.05, 3.63) is 113 Å². The Labute approximate surface area is 234 Å². The molecule has 6 heteroatoms. The van der Waals surface area contributed by atoms with Gasteiger partial charge in [-0.2, -0.15) is 0 Å². The molecule has 3 unspecified atom stereocenters. The molecule has 0 bridgehead atoms. The van der Waals surface area contributed by atoms with Crippen LogP contribution in [0.5, 0.6) is 5.75 Å². The molecular weight excluding hydrogens is 498 g/mol. The van der Waals surface area contributed by atoms with Crippen molar-refractivity contribution in [2.45, 2.75) is 57.5 Å². The predicted octanol–water partition coefficient (Wildman–Crippen LogP) is 7.93. The van der Waals surface area contributed by atoms with Crippen molar-refractivity contribution >= 4 is 0 Å². The fourth-order valence-corrected chi connectivity index (χ4v) is 6.48. The van der Waals surface area contributed by atoms with Crippen LogP contribution in [0.4, 0.5) is 0 Å². The molecule has 1 saturated heterocycles. The lowest BCUT2D eigenvalue weighted by atomic mass is 9.85. The number of hydrogen-bond donors (Lipinski definition) is 1. The molecule has 3 aromatic carbocycles. The predicted molar refractivity (Wildman–Crippen MR) is 154 cm³/mol. The van der Waals surface area contributed by atoms with Crippen molar-refractivity contribution in [2.75, 3.05) is 6.54 Å². The smallest absolute Gasteiger partial charge is 0.212 e. The zero-order valence-corrected chi connectivity index (χ0v) is 22.9. The second-order valence-electron chi connectivity index (χ2n) is 11.2. The fraction of sp³-hybridized carbons (Fsp3) is 0.294. The first-order chi connectivity index (χ1) is 19.5. The second kappa shape index (κ2) is 10.1. The summed E-state index contributed by atoms with van der Waals surface area (Å²) in [6.45, 7) is 5.03. The SMILES string of the molecule is Cc1ccc(-c2coc(C3CCN(C4CCCc5c(O)cccc54)C3c3nc(-c4ccc(C)cc4)co3)n2)cc1. The number of phenols is 1. The summed E-state index contributed by atoms with van der Waals surface area (Å²) in [5, 5.41) is 10.6. The molecule has 1 N–H and O–H groups in total. The van der Waals surface area contributed by atoms with Crippen molar-refractivity contribution in [3.63, 3.8) is 0 Å². The third-order valence-corrected chi connectivity index (χ3v) is 8.60. The van der Waals surface area contributed by atoms with Gasteiger partial charge in [-0.1, -0.05) is 71.8 Å². The van der Waals surface area contributed by atoms with Crippen LogP contribution < -0.4 is 0 Å². The van der Waals surface area contributed by atoms with E-state index in [1.165, 1.54) is 16.7 Å². The summed E-state index contributed by atoms with van der Waals surface area (Å²) in [6, 6.07) is 22.7. The molecule has 5 aromatic rings. The highest BCUT2D eigenvalue weighted by atomic mass is 16.3. The Hall–Kier alpha value is -4.16. The standard InChI is InChI=1S/C34H33N3O3/c1-21-9-13-23(14-10-21)28-19-39-33(35-28)27-17-18-37(30-7-3-6-26-25(30)5-4-8-31(26)38)32(27)34-36-29(20-40-34)24-15-11-22(2)12-16-24/h4-5,8-16,19-20,27,30,32,38H,3,6-7,17-18H2,1-2H3. The van der Waals surface area contributed by atoms with Gasteiger partial charge in [0.15, 0.2) is 5.89 Å². The van der Waals surface area contributed by atoms with Gasteiger partial charge in [-0.25, -0.2) is 9.97 Å². The van der Waals surface area contributed by atoms with Gasteiger partial charge >= 0.3 is 0 Å². The van der Waals surface area contributed by atoms with E-state index in [-0.39, 0.29) is 18.0 Å². The monoisotopic (exact) mass is 531 g/mol. The molecule has 0 amide bonds. The van der Waals surface area contributed by atoms with Crippen LogP contribution >= 0.6 is 0 Å². The lowest BCUT2D eigenvalue weighted by Gasteiger charge is -2.36. The van der Waals surface area contributed by atoms with E-state index >= 15 is 0 Å². The number of rotatable bonds is 5. The van der Waals surface area contributed by atoms with Gasteiger partial charge in [-0.15, -0.1) is 0 Å². The van der Waals surface area contributed by atoms with Gasteiger partial charge in [0.2, 0.25) is 5.89 Å². The van der Waals surface area contributed by atoms with E-state index in [1.54, 1.807) is 18.6 Å². The second-order valence-corrected chi connectivity index (χ2v) is 11.2. The average molecular weight is 532 g/mol. The van der Waals surface area contributed by atoms with Crippen LogP contribution in [0.3, 0.4) is 0 Å². The third-order valence-electron chi connectivity index (χ3n) is 8.60. The summed E-state index contributed by atoms with van der Waals surface area (Å²) < 4.78 is 12.4. The molecule has 3 atom stereocenters. The number of aromatic hydroxyl groups is 1. The minimum atomic E-state index is -0.137. The van der Waals surface area contributed by atoms with E-state index in [0.29, 0.717) is 17.5 Å². The van der Waals surface area contributed by atoms with Crippen molar-refractivity contribution in [3.8, 4) is 28.3 Å². The van der Waals surface area contributed by atoms with E-state index in [9.17, 15) is 5.11 Å². The molecule has 6 nitrogen and oxygen atoms in total. The molecule has 0 radical (unpaired) electrons. The van der Waals surface area contributed by atoms with Gasteiger partial charge < -0.3 is 13.9 Å². The van der Waals surface area contributed by atoms with Crippen LogP contribution in [-0.2, 0) is 6.42 Å². The summed E-state index contributed by atoms with van der Waals surface area (Å²) >= 11 is 0. The van der Waals surface area contributed by atoms with Crippen molar-refractivity contribution < 1.29 is 13.9 Å². The van der Waals surface area contributed by atoms with Gasteiger partial charge in [0.1, 0.15) is 29.7 Å². The number of nitrogens with zero attached hydrogens (tertiary/aromatic N) is 3. The van der Waals surface area contributed by atoms with E-state index in [1.807, 2.05) is 6.07 Å². The highest BCUT2D eigenvalue weighted by Crippen LogP contribution is 2.50. The van der Waals surface area contributed by atoms with E-state index in [0.717, 1.165) is 60.3 Å². The molecule has 2 aliphatic rings. The first-order valence-electron chi connectivity index (χ1n) is 14.2. The summed E-state index contributed by atoms with van der Waals surface area (Å²) in [5.74, 6) is 1.78. The highest BCUT2D eigenvalue weighted by molar-refractivity contribution is 5.59. The van der Waals surface area contributed by atoms with Crippen LogP contribution in [0.15, 0.2) is 88.1 Å². The lowest BCUT2D eigenvalue weighted by Crippen LogP contribution is -2.32. The summed E-state index contributed by atoms with van der Waals surface area (Å²) in [4.78, 5) is 12.5. The van der Waals surface area contributed by atoms with Gasteiger partial charge in [-0.05, 0) is 56.7 Å². The number of hydrogen-bond acceptors (Lipinski definition) is 6. The maximum Gasteiger partial charge on any atom is 0.212 e. The Kier molecular flexibility index (Phi) is 6.28. The minimum Gasteiger partial charge on any atom is -0.508 e. The zero-order valence-electron chi connectivity index (χ0n) is 22.9. The van der Waals surface area contributed by atoms with Crippen LogP contribution in [-0.4, -0.2) is 26.5 Å². The molecule has 2 aromatic heterocycles. The molecule has 0 spiro atoms. The maximum atomic E-state index is 10.6. The molecule has 1 aliphatic heterocycles. The number of oxazole rings is 2. The van der Waals surface area contributed by atoms with Crippen LogP contribution in [0.1, 0.15) is 71.3 Å². The molecule has 202 valence electrons. The Morgan fingerprint density at radius 2 is 1.40 bits per heavy atom. The van der Waals surface area contributed by atoms with Gasteiger partial charge in [-0.3, -0.25) is 4.90 Å². The molecule has 7 rings (SSSR count). The Morgan fingerprint density at radius 3 is 2.08 bits per heavy atom. The Morgan fingerprint density at radius 1 is 0.775 bits per heavy atom. The number of aromatic nitrogens is 2. The average Bonchev–Trinajstić information content (AvgIpc) is 3.73. The number of likely N-dealkylation sites (tertiary alicyclic amines) is 1. The number of benzene rings is 3.